The van der Waals surface area contributed by atoms with Gasteiger partial charge in [-0.25, -0.2) is 0 Å². The van der Waals surface area contributed by atoms with E-state index in [1.807, 2.05) is 6.07 Å². The quantitative estimate of drug-likeness (QED) is 0.866. The van der Waals surface area contributed by atoms with E-state index in [0.29, 0.717) is 12.2 Å². The fourth-order valence-electron chi connectivity index (χ4n) is 2.84. The summed E-state index contributed by atoms with van der Waals surface area (Å²) in [6.07, 6.45) is 3.81. The van der Waals surface area contributed by atoms with Crippen LogP contribution in [0.15, 0.2) is 24.3 Å². The molecule has 0 amide bonds. The molecule has 2 nitrogen and oxygen atoms in total. The van der Waals surface area contributed by atoms with Crippen LogP contribution in [0.1, 0.15) is 43.7 Å². The van der Waals surface area contributed by atoms with Gasteiger partial charge in [-0.2, -0.15) is 0 Å². The molecule has 0 bridgehead atoms. The van der Waals surface area contributed by atoms with Crippen LogP contribution in [0.4, 0.5) is 0 Å². The highest BCUT2D eigenvalue weighted by atomic mass is 16.1. The summed E-state index contributed by atoms with van der Waals surface area (Å²) in [7, 11) is 0. The van der Waals surface area contributed by atoms with E-state index in [2.05, 4.69) is 37.4 Å². The zero-order valence-electron chi connectivity index (χ0n) is 10.8. The molecule has 0 heterocycles. The Bertz CT molecular complexity index is 409. The third-order valence-corrected chi connectivity index (χ3v) is 3.67. The first-order valence-corrected chi connectivity index (χ1v) is 6.54. The minimum absolute atomic E-state index is 0.358. The van der Waals surface area contributed by atoms with Gasteiger partial charge in [0.2, 0.25) is 0 Å². The number of carbonyl (C=O) groups excluding carboxylic acids is 1. The van der Waals surface area contributed by atoms with Crippen LogP contribution in [0.2, 0.25) is 0 Å². The number of likely N-dealkylation sites (N-methyl/N-ethyl adjacent to an activating group) is 1. The third-order valence-electron chi connectivity index (χ3n) is 3.67. The van der Waals surface area contributed by atoms with Gasteiger partial charge in [0, 0.05) is 6.42 Å². The number of benzene rings is 1. The highest BCUT2D eigenvalue weighted by molar-refractivity contribution is 5.90. The van der Waals surface area contributed by atoms with Crippen LogP contribution >= 0.6 is 0 Å². The molecule has 92 valence electrons. The van der Waals surface area contributed by atoms with E-state index in [0.717, 1.165) is 31.4 Å². The number of aryl methyl sites for hydroxylation is 1. The highest BCUT2D eigenvalue weighted by Gasteiger charge is 2.40. The number of nitrogens with one attached hydrogen (secondary N) is 1. The van der Waals surface area contributed by atoms with Crippen LogP contribution in [0.5, 0.6) is 0 Å². The van der Waals surface area contributed by atoms with Gasteiger partial charge < -0.3 is 5.32 Å². The number of ketones is 1. The van der Waals surface area contributed by atoms with Crippen molar-refractivity contribution in [2.75, 3.05) is 6.54 Å². The number of rotatable bonds is 3. The Hall–Kier alpha value is -1.15. The average molecular weight is 231 g/mol. The van der Waals surface area contributed by atoms with E-state index in [4.69, 9.17) is 0 Å². The molecule has 0 aromatic heterocycles. The van der Waals surface area contributed by atoms with Gasteiger partial charge in [0.1, 0.15) is 5.54 Å². The van der Waals surface area contributed by atoms with Crippen molar-refractivity contribution in [2.24, 2.45) is 0 Å². The maximum absolute atomic E-state index is 12.4. The standard InChI is InChI=1S/C15H21NO/c1-3-16-15(10-5-4-9-14(15)17)13-8-6-7-12(2)11-13/h6-8,11,16H,3-5,9-10H2,1-2H3. The third kappa shape index (κ3) is 2.27. The first-order valence-electron chi connectivity index (χ1n) is 6.54. The molecule has 0 spiro atoms. The monoisotopic (exact) mass is 231 g/mol. The van der Waals surface area contributed by atoms with Crippen LogP contribution in [-0.4, -0.2) is 12.3 Å². The Morgan fingerprint density at radius 1 is 1.35 bits per heavy atom. The maximum Gasteiger partial charge on any atom is 0.157 e. The van der Waals surface area contributed by atoms with Crippen molar-refractivity contribution in [3.05, 3.63) is 35.4 Å². The van der Waals surface area contributed by atoms with E-state index in [1.54, 1.807) is 0 Å². The summed E-state index contributed by atoms with van der Waals surface area (Å²) < 4.78 is 0. The van der Waals surface area contributed by atoms with Crippen LogP contribution in [0, 0.1) is 6.92 Å². The Morgan fingerprint density at radius 2 is 2.18 bits per heavy atom. The summed E-state index contributed by atoms with van der Waals surface area (Å²) in [5, 5.41) is 3.44. The molecule has 0 radical (unpaired) electrons. The second-order valence-corrected chi connectivity index (χ2v) is 4.94. The van der Waals surface area contributed by atoms with Crippen molar-refractivity contribution < 1.29 is 4.79 Å². The normalized spacial score (nSPS) is 24.9. The summed E-state index contributed by atoms with van der Waals surface area (Å²) in [5.74, 6) is 0.358. The second-order valence-electron chi connectivity index (χ2n) is 4.94. The smallest absolute Gasteiger partial charge is 0.157 e. The molecule has 1 aromatic rings. The van der Waals surface area contributed by atoms with E-state index >= 15 is 0 Å². The summed E-state index contributed by atoms with van der Waals surface area (Å²) in [6.45, 7) is 4.98. The lowest BCUT2D eigenvalue weighted by Gasteiger charge is -2.37. The number of hydrogen-bond donors (Lipinski definition) is 1. The minimum Gasteiger partial charge on any atom is -0.302 e. The lowest BCUT2D eigenvalue weighted by Crippen LogP contribution is -2.50. The number of Topliss-reactive ketones (excluding diaryl/α,β-unsaturated/α-hetero) is 1. The van der Waals surface area contributed by atoms with Crippen LogP contribution in [-0.2, 0) is 10.3 Å². The first-order chi connectivity index (χ1) is 8.19. The average Bonchev–Trinajstić information content (AvgIpc) is 2.32. The molecule has 1 unspecified atom stereocenters. The maximum atomic E-state index is 12.4. The van der Waals surface area contributed by atoms with Crippen LogP contribution in [0.25, 0.3) is 0 Å². The van der Waals surface area contributed by atoms with Gasteiger partial charge in [0.15, 0.2) is 5.78 Å². The fraction of sp³-hybridized carbons (Fsp3) is 0.533. The van der Waals surface area contributed by atoms with Gasteiger partial charge >= 0.3 is 0 Å². The molecule has 17 heavy (non-hydrogen) atoms. The van der Waals surface area contributed by atoms with E-state index < -0.39 is 5.54 Å². The predicted octanol–water partition coefficient (Wildman–Crippen LogP) is 2.94. The zero-order chi connectivity index (χ0) is 12.3. The minimum atomic E-state index is -0.418. The van der Waals surface area contributed by atoms with Gasteiger partial charge in [-0.3, -0.25) is 4.79 Å². The molecule has 1 aliphatic carbocycles. The first kappa shape index (κ1) is 12.3. The van der Waals surface area contributed by atoms with E-state index in [-0.39, 0.29) is 0 Å². The van der Waals surface area contributed by atoms with E-state index in [9.17, 15) is 4.79 Å². The Labute approximate surface area is 103 Å². The molecule has 1 atom stereocenters. The molecular formula is C15H21NO. The summed E-state index contributed by atoms with van der Waals surface area (Å²) >= 11 is 0. The molecule has 2 rings (SSSR count). The second kappa shape index (κ2) is 5.01. The molecule has 0 aliphatic heterocycles. The SMILES string of the molecule is CCNC1(c2cccc(C)c2)CCCCC1=O. The zero-order valence-corrected chi connectivity index (χ0v) is 10.8. The molecule has 2 heteroatoms. The van der Waals surface area contributed by atoms with Crippen molar-refractivity contribution in [1.29, 1.82) is 0 Å². The summed E-state index contributed by atoms with van der Waals surface area (Å²) in [4.78, 5) is 12.4. The number of hydrogen-bond acceptors (Lipinski definition) is 2. The highest BCUT2D eigenvalue weighted by Crippen LogP contribution is 2.34. The molecule has 1 N–H and O–H groups in total. The Morgan fingerprint density at radius 3 is 2.82 bits per heavy atom. The van der Waals surface area contributed by atoms with Gasteiger partial charge in [0.05, 0.1) is 0 Å². The van der Waals surface area contributed by atoms with Gasteiger partial charge in [-0.15, -0.1) is 0 Å². The van der Waals surface area contributed by atoms with Gasteiger partial charge in [0.25, 0.3) is 0 Å². The topological polar surface area (TPSA) is 29.1 Å². The van der Waals surface area contributed by atoms with Gasteiger partial charge in [-0.1, -0.05) is 43.2 Å². The van der Waals surface area contributed by atoms with Crippen molar-refractivity contribution in [3.63, 3.8) is 0 Å². The van der Waals surface area contributed by atoms with Crippen molar-refractivity contribution in [3.8, 4) is 0 Å². The van der Waals surface area contributed by atoms with Crippen LogP contribution in [0.3, 0.4) is 0 Å². The molecule has 1 saturated carbocycles. The van der Waals surface area contributed by atoms with Crippen molar-refractivity contribution in [1.82, 2.24) is 5.32 Å². The fourth-order valence-corrected chi connectivity index (χ4v) is 2.84. The van der Waals surface area contributed by atoms with E-state index in [1.165, 1.54) is 5.56 Å². The van der Waals surface area contributed by atoms with Crippen molar-refractivity contribution >= 4 is 5.78 Å². The predicted molar refractivity (Wildman–Crippen MR) is 70.0 cm³/mol. The largest absolute Gasteiger partial charge is 0.302 e. The molecule has 0 saturated heterocycles. The molecular weight excluding hydrogens is 210 g/mol. The van der Waals surface area contributed by atoms with Crippen LogP contribution < -0.4 is 5.32 Å². The lowest BCUT2D eigenvalue weighted by atomic mass is 9.75. The summed E-state index contributed by atoms with van der Waals surface area (Å²) in [6, 6.07) is 8.35. The Kier molecular flexibility index (Phi) is 3.63. The lowest BCUT2D eigenvalue weighted by molar-refractivity contribution is -0.128. The molecule has 1 fully saturated rings. The molecule has 1 aliphatic rings. The Balaban J connectivity index is 2.42. The van der Waals surface area contributed by atoms with Crippen molar-refractivity contribution in [2.45, 2.75) is 45.1 Å². The van der Waals surface area contributed by atoms with Gasteiger partial charge in [-0.05, 0) is 31.9 Å². The number of carbonyl (C=O) groups is 1. The summed E-state index contributed by atoms with van der Waals surface area (Å²) in [5.41, 5.74) is 1.95. The molecule has 1 aromatic carbocycles.